The number of carbonyl (C=O) groups is 3. The van der Waals surface area contributed by atoms with Crippen LogP contribution in [0.2, 0.25) is 0 Å². The summed E-state index contributed by atoms with van der Waals surface area (Å²) in [5, 5.41) is 8.63. The van der Waals surface area contributed by atoms with Crippen molar-refractivity contribution in [3.63, 3.8) is 0 Å². The summed E-state index contributed by atoms with van der Waals surface area (Å²) >= 11 is 0. The highest BCUT2D eigenvalue weighted by molar-refractivity contribution is 5.87. The molecule has 1 atom stereocenters. The first-order valence-corrected chi connectivity index (χ1v) is 6.73. The zero-order valence-corrected chi connectivity index (χ0v) is 11.6. The lowest BCUT2D eigenvalue weighted by Gasteiger charge is -2.36. The Labute approximate surface area is 113 Å². The van der Waals surface area contributed by atoms with Gasteiger partial charge in [-0.2, -0.15) is 0 Å². The van der Waals surface area contributed by atoms with Crippen molar-refractivity contribution in [1.29, 1.82) is 0 Å². The van der Waals surface area contributed by atoms with Crippen LogP contribution in [-0.2, 0) is 14.4 Å². The number of amides is 2. The number of carboxylic acids is 1. The number of hydrogen-bond donors (Lipinski definition) is 1. The number of carboxylic acid groups (broad SMARTS) is 1. The average molecular weight is 270 g/mol. The molecule has 1 N–H and O–H groups in total. The lowest BCUT2D eigenvalue weighted by molar-refractivity contribution is -0.147. The van der Waals surface area contributed by atoms with Gasteiger partial charge in [-0.05, 0) is 19.3 Å². The molecule has 0 aromatic heterocycles. The van der Waals surface area contributed by atoms with Crippen LogP contribution in [0, 0.1) is 0 Å². The summed E-state index contributed by atoms with van der Waals surface area (Å²) in [4.78, 5) is 37.7. The van der Waals surface area contributed by atoms with Crippen molar-refractivity contribution < 1.29 is 19.5 Å². The molecule has 0 radical (unpaired) electrons. The van der Waals surface area contributed by atoms with Gasteiger partial charge in [0.25, 0.3) is 0 Å². The minimum atomic E-state index is -0.926. The molecule has 2 amide bonds. The molecule has 0 spiro atoms. The Balaban J connectivity index is 2.65. The molecule has 108 valence electrons. The second-order valence-electron chi connectivity index (χ2n) is 4.86. The smallest absolute Gasteiger partial charge is 0.305 e. The number of likely N-dealkylation sites (N-methyl/N-ethyl adjacent to an activating group) is 1. The number of hydrogen-bond acceptors (Lipinski definition) is 3. The minimum absolute atomic E-state index is 0.00955. The average Bonchev–Trinajstić information content (AvgIpc) is 2.42. The van der Waals surface area contributed by atoms with E-state index in [9.17, 15) is 14.4 Å². The van der Waals surface area contributed by atoms with Crippen LogP contribution in [0.3, 0.4) is 0 Å². The molecular formula is C13H22N2O4. The van der Waals surface area contributed by atoms with Gasteiger partial charge in [0.15, 0.2) is 0 Å². The van der Waals surface area contributed by atoms with E-state index in [1.54, 1.807) is 18.9 Å². The van der Waals surface area contributed by atoms with E-state index in [1.807, 2.05) is 0 Å². The van der Waals surface area contributed by atoms with Gasteiger partial charge in [0.1, 0.15) is 6.04 Å². The molecule has 1 aliphatic rings. The molecule has 6 nitrogen and oxygen atoms in total. The Morgan fingerprint density at radius 3 is 2.58 bits per heavy atom. The fourth-order valence-corrected chi connectivity index (χ4v) is 2.32. The van der Waals surface area contributed by atoms with Gasteiger partial charge in [0, 0.05) is 26.6 Å². The second-order valence-corrected chi connectivity index (χ2v) is 4.86. The van der Waals surface area contributed by atoms with Crippen molar-refractivity contribution in [2.75, 3.05) is 20.1 Å². The normalized spacial score (nSPS) is 19.1. The molecule has 0 aromatic rings. The van der Waals surface area contributed by atoms with Gasteiger partial charge in [-0.15, -0.1) is 0 Å². The first-order chi connectivity index (χ1) is 8.97. The highest BCUT2D eigenvalue weighted by Crippen LogP contribution is 2.19. The Hall–Kier alpha value is -1.59. The van der Waals surface area contributed by atoms with E-state index in [0.717, 1.165) is 12.8 Å². The molecule has 1 rings (SSSR count). The SMILES string of the molecule is CCC(=O)N1CCCCC1C(=O)N(C)CCC(=O)O. The first-order valence-electron chi connectivity index (χ1n) is 6.73. The zero-order valence-electron chi connectivity index (χ0n) is 11.6. The van der Waals surface area contributed by atoms with E-state index < -0.39 is 12.0 Å². The Morgan fingerprint density at radius 1 is 1.32 bits per heavy atom. The topological polar surface area (TPSA) is 77.9 Å². The van der Waals surface area contributed by atoms with Gasteiger partial charge < -0.3 is 14.9 Å². The van der Waals surface area contributed by atoms with Crippen LogP contribution in [0.25, 0.3) is 0 Å². The standard InChI is InChI=1S/C13H22N2O4/c1-3-11(16)15-8-5-4-6-10(15)13(19)14(2)9-7-12(17)18/h10H,3-9H2,1-2H3,(H,17,18). The van der Waals surface area contributed by atoms with Crippen molar-refractivity contribution >= 4 is 17.8 Å². The predicted octanol–water partition coefficient (Wildman–Crippen LogP) is 0.711. The molecule has 0 saturated carbocycles. The van der Waals surface area contributed by atoms with E-state index >= 15 is 0 Å². The molecule has 0 bridgehead atoms. The monoisotopic (exact) mass is 270 g/mol. The van der Waals surface area contributed by atoms with Crippen LogP contribution < -0.4 is 0 Å². The fraction of sp³-hybridized carbons (Fsp3) is 0.769. The second kappa shape index (κ2) is 7.11. The van der Waals surface area contributed by atoms with Crippen molar-refractivity contribution in [3.05, 3.63) is 0 Å². The summed E-state index contributed by atoms with van der Waals surface area (Å²) in [5.74, 6) is -1.09. The third-order valence-electron chi connectivity index (χ3n) is 3.45. The summed E-state index contributed by atoms with van der Waals surface area (Å²) in [5.41, 5.74) is 0. The van der Waals surface area contributed by atoms with Gasteiger partial charge >= 0.3 is 5.97 Å². The Bertz CT molecular complexity index is 357. The van der Waals surface area contributed by atoms with Crippen LogP contribution in [-0.4, -0.2) is 58.9 Å². The molecule has 1 fully saturated rings. The summed E-state index contributed by atoms with van der Waals surface area (Å²) in [6, 6.07) is -0.417. The molecule has 1 unspecified atom stereocenters. The van der Waals surface area contributed by atoms with E-state index in [1.165, 1.54) is 4.90 Å². The van der Waals surface area contributed by atoms with Crippen LogP contribution in [0.5, 0.6) is 0 Å². The van der Waals surface area contributed by atoms with Crippen molar-refractivity contribution in [3.8, 4) is 0 Å². The molecule has 19 heavy (non-hydrogen) atoms. The van der Waals surface area contributed by atoms with Gasteiger partial charge in [-0.3, -0.25) is 14.4 Å². The number of nitrogens with zero attached hydrogens (tertiary/aromatic N) is 2. The lowest BCUT2D eigenvalue weighted by Crippen LogP contribution is -2.52. The number of likely N-dealkylation sites (tertiary alicyclic amines) is 1. The maximum atomic E-state index is 12.3. The van der Waals surface area contributed by atoms with Crippen molar-refractivity contribution in [2.24, 2.45) is 0 Å². The molecule has 0 aliphatic carbocycles. The Morgan fingerprint density at radius 2 is 2.00 bits per heavy atom. The molecule has 6 heteroatoms. The highest BCUT2D eigenvalue weighted by atomic mass is 16.4. The molecule has 0 aromatic carbocycles. The van der Waals surface area contributed by atoms with Crippen molar-refractivity contribution in [1.82, 2.24) is 9.80 Å². The summed E-state index contributed by atoms with van der Waals surface area (Å²) in [6.07, 6.45) is 2.84. The fourth-order valence-electron chi connectivity index (χ4n) is 2.32. The summed E-state index contributed by atoms with van der Waals surface area (Å²) < 4.78 is 0. The van der Waals surface area contributed by atoms with Gasteiger partial charge in [-0.25, -0.2) is 0 Å². The van der Waals surface area contributed by atoms with Gasteiger partial charge in [0.05, 0.1) is 6.42 Å². The maximum Gasteiger partial charge on any atom is 0.305 e. The third-order valence-corrected chi connectivity index (χ3v) is 3.45. The van der Waals surface area contributed by atoms with Gasteiger partial charge in [-0.1, -0.05) is 6.92 Å². The van der Waals surface area contributed by atoms with E-state index in [2.05, 4.69) is 0 Å². The summed E-state index contributed by atoms with van der Waals surface area (Å²) in [6.45, 7) is 2.58. The van der Waals surface area contributed by atoms with Crippen molar-refractivity contribution in [2.45, 2.75) is 45.1 Å². The van der Waals surface area contributed by atoms with E-state index in [4.69, 9.17) is 5.11 Å². The number of carbonyl (C=O) groups excluding carboxylic acids is 2. The minimum Gasteiger partial charge on any atom is -0.481 e. The highest BCUT2D eigenvalue weighted by Gasteiger charge is 2.32. The quantitative estimate of drug-likeness (QED) is 0.798. The third kappa shape index (κ3) is 4.22. The van der Waals surface area contributed by atoms with Crippen LogP contribution in [0.4, 0.5) is 0 Å². The predicted molar refractivity (Wildman–Crippen MR) is 69.5 cm³/mol. The largest absolute Gasteiger partial charge is 0.481 e. The number of rotatable bonds is 5. The number of aliphatic carboxylic acids is 1. The zero-order chi connectivity index (χ0) is 14.4. The molecule has 1 saturated heterocycles. The molecular weight excluding hydrogens is 248 g/mol. The first kappa shape index (κ1) is 15.5. The molecule has 1 aliphatic heterocycles. The summed E-state index contributed by atoms with van der Waals surface area (Å²) in [7, 11) is 1.59. The maximum absolute atomic E-state index is 12.3. The van der Waals surface area contributed by atoms with Crippen LogP contribution in [0.15, 0.2) is 0 Å². The Kier molecular flexibility index (Phi) is 5.79. The molecule has 1 heterocycles. The van der Waals surface area contributed by atoms with E-state index in [0.29, 0.717) is 19.4 Å². The van der Waals surface area contributed by atoms with Crippen LogP contribution in [0.1, 0.15) is 39.0 Å². The van der Waals surface area contributed by atoms with Gasteiger partial charge in [0.2, 0.25) is 11.8 Å². The van der Waals surface area contributed by atoms with E-state index in [-0.39, 0.29) is 24.8 Å². The number of piperidine rings is 1. The van der Waals surface area contributed by atoms with Crippen LogP contribution >= 0.6 is 0 Å². The lowest BCUT2D eigenvalue weighted by atomic mass is 10.0.